The molecule has 0 bridgehead atoms. The van der Waals surface area contributed by atoms with E-state index in [4.69, 9.17) is 9.40 Å². The smallest absolute Gasteiger partial charge is 0.230 e. The summed E-state index contributed by atoms with van der Waals surface area (Å²) in [7, 11) is 0. The van der Waals surface area contributed by atoms with Crippen molar-refractivity contribution >= 4 is 21.9 Å². The van der Waals surface area contributed by atoms with Gasteiger partial charge in [0.2, 0.25) is 5.71 Å². The van der Waals surface area contributed by atoms with Crippen molar-refractivity contribution in [3.8, 4) is 22.6 Å². The molecule has 1 aliphatic rings. The standard InChI is InChI=1S/C28H24N2O/c1-28(2,3)23-15-19(14-18-9-5-6-10-20(18)23)25-24-22-13-12-17-8-4-7-11-21(17)26(22)31-27(24)30-16-29-25/h4-11,14-16H,12-13H2,1-3H3. The molecule has 1 aliphatic carbocycles. The van der Waals surface area contributed by atoms with Gasteiger partial charge in [0.1, 0.15) is 12.1 Å². The minimum Gasteiger partial charge on any atom is -0.437 e. The Labute approximate surface area is 181 Å². The van der Waals surface area contributed by atoms with Crippen molar-refractivity contribution in [1.82, 2.24) is 9.97 Å². The molecule has 3 aromatic carbocycles. The molecule has 0 aliphatic heterocycles. The second-order valence-corrected chi connectivity index (χ2v) is 9.46. The number of rotatable bonds is 1. The SMILES string of the molecule is CC(C)(C)c1cc(-c2ncnc3oc4c(c23)CCc2ccccc2-4)cc2ccccc12. The maximum absolute atomic E-state index is 6.31. The molecule has 0 saturated carbocycles. The van der Waals surface area contributed by atoms with E-state index in [1.54, 1.807) is 6.33 Å². The zero-order chi connectivity index (χ0) is 21.2. The van der Waals surface area contributed by atoms with Gasteiger partial charge in [-0.25, -0.2) is 9.97 Å². The molecule has 0 saturated heterocycles. The zero-order valence-corrected chi connectivity index (χ0v) is 18.1. The lowest BCUT2D eigenvalue weighted by Gasteiger charge is -2.23. The Morgan fingerprint density at radius 2 is 1.68 bits per heavy atom. The molecule has 0 amide bonds. The average Bonchev–Trinajstić information content (AvgIpc) is 3.17. The van der Waals surface area contributed by atoms with Gasteiger partial charge in [0.25, 0.3) is 0 Å². The van der Waals surface area contributed by atoms with Gasteiger partial charge in [-0.05, 0) is 52.3 Å². The van der Waals surface area contributed by atoms with Crippen LogP contribution in [0.2, 0.25) is 0 Å². The maximum atomic E-state index is 6.31. The topological polar surface area (TPSA) is 38.9 Å². The molecular formula is C28H24N2O. The number of hydrogen-bond acceptors (Lipinski definition) is 3. The van der Waals surface area contributed by atoms with E-state index in [9.17, 15) is 0 Å². The van der Waals surface area contributed by atoms with Gasteiger partial charge in [0, 0.05) is 16.7 Å². The highest BCUT2D eigenvalue weighted by molar-refractivity contribution is 6.00. The van der Waals surface area contributed by atoms with E-state index >= 15 is 0 Å². The third-order valence-corrected chi connectivity index (χ3v) is 6.44. The van der Waals surface area contributed by atoms with Crippen LogP contribution in [0.5, 0.6) is 0 Å². The summed E-state index contributed by atoms with van der Waals surface area (Å²) in [6, 6.07) is 21.7. The van der Waals surface area contributed by atoms with E-state index in [2.05, 4.69) is 86.4 Å². The fourth-order valence-electron chi connectivity index (χ4n) is 4.95. The van der Waals surface area contributed by atoms with Crippen LogP contribution in [0, 0.1) is 0 Å². The van der Waals surface area contributed by atoms with Crippen molar-refractivity contribution in [1.29, 1.82) is 0 Å². The summed E-state index contributed by atoms with van der Waals surface area (Å²) in [6.07, 6.45) is 3.58. The number of furan rings is 1. The van der Waals surface area contributed by atoms with Crippen LogP contribution in [-0.4, -0.2) is 9.97 Å². The lowest BCUT2D eigenvalue weighted by atomic mass is 9.82. The fourth-order valence-corrected chi connectivity index (χ4v) is 4.95. The van der Waals surface area contributed by atoms with Crippen molar-refractivity contribution in [2.45, 2.75) is 39.0 Å². The molecule has 0 N–H and O–H groups in total. The first-order chi connectivity index (χ1) is 15.0. The highest BCUT2D eigenvalue weighted by atomic mass is 16.3. The summed E-state index contributed by atoms with van der Waals surface area (Å²) >= 11 is 0. The van der Waals surface area contributed by atoms with E-state index in [0.29, 0.717) is 5.71 Å². The molecule has 152 valence electrons. The summed E-state index contributed by atoms with van der Waals surface area (Å²) in [4.78, 5) is 9.27. The quantitative estimate of drug-likeness (QED) is 0.299. The average molecular weight is 405 g/mol. The van der Waals surface area contributed by atoms with Gasteiger partial charge in [0.05, 0.1) is 11.1 Å². The Balaban J connectivity index is 1.66. The number of aromatic nitrogens is 2. The highest BCUT2D eigenvalue weighted by Crippen LogP contribution is 2.43. The summed E-state index contributed by atoms with van der Waals surface area (Å²) in [5.74, 6) is 0.954. The number of benzene rings is 3. The number of fused-ring (bicyclic) bond motifs is 6. The van der Waals surface area contributed by atoms with Gasteiger partial charge in [-0.3, -0.25) is 0 Å². The van der Waals surface area contributed by atoms with Crippen LogP contribution in [0.1, 0.15) is 37.5 Å². The van der Waals surface area contributed by atoms with Crippen LogP contribution < -0.4 is 0 Å². The first-order valence-corrected chi connectivity index (χ1v) is 10.9. The minimum atomic E-state index is 0.0243. The molecule has 3 heteroatoms. The Bertz CT molecular complexity index is 1470. The first kappa shape index (κ1) is 18.3. The molecule has 0 atom stereocenters. The Morgan fingerprint density at radius 1 is 0.871 bits per heavy atom. The molecular weight excluding hydrogens is 380 g/mol. The van der Waals surface area contributed by atoms with Gasteiger partial charge in [-0.15, -0.1) is 0 Å². The largest absolute Gasteiger partial charge is 0.437 e. The number of aryl methyl sites for hydroxylation is 2. The lowest BCUT2D eigenvalue weighted by Crippen LogP contribution is -2.12. The Kier molecular flexibility index (Phi) is 3.85. The second-order valence-electron chi connectivity index (χ2n) is 9.46. The molecule has 3 nitrogen and oxygen atoms in total. The van der Waals surface area contributed by atoms with Crippen LogP contribution in [0.3, 0.4) is 0 Å². The van der Waals surface area contributed by atoms with Gasteiger partial charge in [-0.1, -0.05) is 69.3 Å². The molecule has 0 spiro atoms. The maximum Gasteiger partial charge on any atom is 0.230 e. The van der Waals surface area contributed by atoms with E-state index in [-0.39, 0.29) is 5.41 Å². The van der Waals surface area contributed by atoms with E-state index in [1.165, 1.54) is 33.0 Å². The van der Waals surface area contributed by atoms with E-state index in [0.717, 1.165) is 35.2 Å². The van der Waals surface area contributed by atoms with Crippen molar-refractivity contribution < 1.29 is 4.42 Å². The van der Waals surface area contributed by atoms with Gasteiger partial charge >= 0.3 is 0 Å². The predicted octanol–water partition coefficient (Wildman–Crippen LogP) is 7.11. The van der Waals surface area contributed by atoms with E-state index < -0.39 is 0 Å². The lowest BCUT2D eigenvalue weighted by molar-refractivity contribution is 0.596. The molecule has 0 radical (unpaired) electrons. The molecule has 5 aromatic rings. The van der Waals surface area contributed by atoms with Crippen LogP contribution in [0.25, 0.3) is 44.5 Å². The zero-order valence-electron chi connectivity index (χ0n) is 18.1. The molecule has 2 heterocycles. The summed E-state index contributed by atoms with van der Waals surface area (Å²) in [5, 5.41) is 3.59. The van der Waals surface area contributed by atoms with Gasteiger partial charge < -0.3 is 4.42 Å². The molecule has 0 fully saturated rings. The second kappa shape index (κ2) is 6.52. The molecule has 0 unspecified atom stereocenters. The van der Waals surface area contributed by atoms with Crippen LogP contribution in [-0.2, 0) is 18.3 Å². The Morgan fingerprint density at radius 3 is 2.55 bits per heavy atom. The third-order valence-electron chi connectivity index (χ3n) is 6.44. The minimum absolute atomic E-state index is 0.0243. The Hall–Kier alpha value is -3.46. The van der Waals surface area contributed by atoms with Crippen LogP contribution in [0.4, 0.5) is 0 Å². The van der Waals surface area contributed by atoms with Crippen LogP contribution >= 0.6 is 0 Å². The predicted molar refractivity (Wildman–Crippen MR) is 126 cm³/mol. The summed E-state index contributed by atoms with van der Waals surface area (Å²) in [5.41, 5.74) is 7.87. The summed E-state index contributed by atoms with van der Waals surface area (Å²) in [6.45, 7) is 6.81. The normalized spacial score (nSPS) is 13.4. The monoisotopic (exact) mass is 404 g/mol. The highest BCUT2D eigenvalue weighted by Gasteiger charge is 2.26. The third kappa shape index (κ3) is 2.80. The van der Waals surface area contributed by atoms with Crippen molar-refractivity contribution in [3.63, 3.8) is 0 Å². The first-order valence-electron chi connectivity index (χ1n) is 10.9. The molecule has 6 rings (SSSR count). The van der Waals surface area contributed by atoms with Crippen molar-refractivity contribution in [2.75, 3.05) is 0 Å². The van der Waals surface area contributed by atoms with Gasteiger partial charge in [0.15, 0.2) is 0 Å². The fraction of sp³-hybridized carbons (Fsp3) is 0.214. The number of hydrogen-bond donors (Lipinski definition) is 0. The molecule has 31 heavy (non-hydrogen) atoms. The number of nitrogens with zero attached hydrogens (tertiary/aromatic N) is 2. The van der Waals surface area contributed by atoms with Crippen molar-refractivity contribution in [3.05, 3.63) is 83.7 Å². The summed E-state index contributed by atoms with van der Waals surface area (Å²) < 4.78 is 6.31. The van der Waals surface area contributed by atoms with Crippen molar-refractivity contribution in [2.24, 2.45) is 0 Å². The van der Waals surface area contributed by atoms with Crippen LogP contribution in [0.15, 0.2) is 71.4 Å². The van der Waals surface area contributed by atoms with E-state index in [1.807, 2.05) is 0 Å². The van der Waals surface area contributed by atoms with Gasteiger partial charge in [-0.2, -0.15) is 0 Å². The molecule has 2 aromatic heterocycles.